The van der Waals surface area contributed by atoms with E-state index in [0.29, 0.717) is 17.4 Å². The highest BCUT2D eigenvalue weighted by Crippen LogP contribution is 2.59. The minimum absolute atomic E-state index is 0.279. The van der Waals surface area contributed by atoms with E-state index in [2.05, 4.69) is 43.4 Å². The third kappa shape index (κ3) is 3.45. The molecule has 1 aliphatic carbocycles. The molecule has 1 N–H and O–H groups in total. The van der Waals surface area contributed by atoms with Gasteiger partial charge in [-0.2, -0.15) is 0 Å². The number of nitrogens with zero attached hydrogens (tertiary/aromatic N) is 1. The maximum Gasteiger partial charge on any atom is 0.226 e. The van der Waals surface area contributed by atoms with Gasteiger partial charge in [-0.05, 0) is 63.1 Å². The van der Waals surface area contributed by atoms with E-state index in [9.17, 15) is 4.79 Å². The number of hydrogen-bond donors (Lipinski definition) is 1. The Labute approximate surface area is 140 Å². The van der Waals surface area contributed by atoms with Gasteiger partial charge in [0.15, 0.2) is 0 Å². The number of hydrogen-bond acceptors (Lipinski definition) is 2. The summed E-state index contributed by atoms with van der Waals surface area (Å²) in [6.07, 6.45) is 5.43. The molecule has 2 atom stereocenters. The highest BCUT2D eigenvalue weighted by molar-refractivity contribution is 5.82. The van der Waals surface area contributed by atoms with Crippen molar-refractivity contribution in [3.8, 4) is 0 Å². The van der Waals surface area contributed by atoms with Gasteiger partial charge in [-0.3, -0.25) is 4.79 Å². The summed E-state index contributed by atoms with van der Waals surface area (Å²) >= 11 is 0. The normalized spacial score (nSPS) is 23.5. The van der Waals surface area contributed by atoms with Crippen molar-refractivity contribution >= 4 is 5.91 Å². The highest BCUT2D eigenvalue weighted by atomic mass is 16.2. The Kier molecular flexibility index (Phi) is 4.77. The molecule has 2 unspecified atom stereocenters. The topological polar surface area (TPSA) is 32.3 Å². The molecule has 0 bridgehead atoms. The van der Waals surface area contributed by atoms with Crippen LogP contribution in [0.1, 0.15) is 43.7 Å². The van der Waals surface area contributed by atoms with E-state index in [0.717, 1.165) is 32.4 Å². The molecule has 126 valence electrons. The predicted molar refractivity (Wildman–Crippen MR) is 94.4 cm³/mol. The summed E-state index contributed by atoms with van der Waals surface area (Å²) in [5.74, 6) is 0.660. The van der Waals surface area contributed by atoms with Crippen LogP contribution in [0.2, 0.25) is 0 Å². The van der Waals surface area contributed by atoms with E-state index in [1.165, 1.54) is 24.0 Å². The van der Waals surface area contributed by atoms with Crippen LogP contribution in [0.5, 0.6) is 0 Å². The van der Waals surface area contributed by atoms with Crippen molar-refractivity contribution in [2.75, 3.05) is 20.1 Å². The Bertz CT molecular complexity index is 545. The Balaban J connectivity index is 1.62. The summed E-state index contributed by atoms with van der Waals surface area (Å²) in [6.45, 7) is 6.46. The number of benzene rings is 1. The first-order valence-corrected chi connectivity index (χ1v) is 9.09. The van der Waals surface area contributed by atoms with Gasteiger partial charge >= 0.3 is 0 Å². The number of likely N-dealkylation sites (N-methyl/N-ethyl adjacent to an activating group) is 1. The molecular weight excluding hydrogens is 284 g/mol. The summed E-state index contributed by atoms with van der Waals surface area (Å²) in [5.41, 5.74) is 2.95. The first-order chi connectivity index (χ1) is 11.1. The lowest BCUT2D eigenvalue weighted by molar-refractivity contribution is -0.134. The molecule has 1 spiro atoms. The van der Waals surface area contributed by atoms with Crippen LogP contribution in [0.25, 0.3) is 0 Å². The zero-order chi connectivity index (χ0) is 16.4. The Morgan fingerprint density at radius 2 is 1.96 bits per heavy atom. The van der Waals surface area contributed by atoms with Crippen molar-refractivity contribution in [3.63, 3.8) is 0 Å². The molecule has 23 heavy (non-hydrogen) atoms. The number of piperidine rings is 1. The number of aryl methyl sites for hydroxylation is 1. The lowest BCUT2D eigenvalue weighted by Crippen LogP contribution is -2.41. The second-order valence-electron chi connectivity index (χ2n) is 7.57. The Morgan fingerprint density at radius 3 is 2.57 bits per heavy atom. The SMILES string of the molecule is CCC(Cc1ccc(C)cc1)N(C)C(=O)C1CC12CCNCC2. The standard InChI is InChI=1S/C20H30N2O/c1-4-17(13-16-7-5-15(2)6-8-16)22(3)19(23)18-14-20(18)9-11-21-12-10-20/h5-8,17-18,21H,4,9-14H2,1-3H3. The van der Waals surface area contributed by atoms with E-state index >= 15 is 0 Å². The number of amides is 1. The zero-order valence-corrected chi connectivity index (χ0v) is 14.8. The second kappa shape index (κ2) is 6.64. The fourth-order valence-electron chi connectivity index (χ4n) is 4.15. The monoisotopic (exact) mass is 314 g/mol. The smallest absolute Gasteiger partial charge is 0.226 e. The number of carbonyl (C=O) groups excluding carboxylic acids is 1. The fraction of sp³-hybridized carbons (Fsp3) is 0.650. The quantitative estimate of drug-likeness (QED) is 0.905. The van der Waals surface area contributed by atoms with Gasteiger partial charge < -0.3 is 10.2 Å². The van der Waals surface area contributed by atoms with Crippen molar-refractivity contribution in [1.82, 2.24) is 10.2 Å². The minimum Gasteiger partial charge on any atom is -0.342 e. The molecule has 1 saturated carbocycles. The van der Waals surface area contributed by atoms with E-state index in [1.807, 2.05) is 11.9 Å². The number of nitrogens with one attached hydrogen (secondary N) is 1. The summed E-state index contributed by atoms with van der Waals surface area (Å²) in [5, 5.41) is 3.42. The van der Waals surface area contributed by atoms with Crippen molar-refractivity contribution in [2.24, 2.45) is 11.3 Å². The third-order valence-corrected chi connectivity index (χ3v) is 6.05. The molecule has 1 saturated heterocycles. The number of rotatable bonds is 5. The first-order valence-electron chi connectivity index (χ1n) is 9.09. The molecule has 2 aliphatic rings. The molecule has 0 aromatic heterocycles. The maximum absolute atomic E-state index is 12.9. The first kappa shape index (κ1) is 16.5. The molecule has 1 heterocycles. The van der Waals surface area contributed by atoms with Gasteiger partial charge in [0.1, 0.15) is 0 Å². The average molecular weight is 314 g/mol. The Hall–Kier alpha value is -1.35. The lowest BCUT2D eigenvalue weighted by Gasteiger charge is -2.30. The predicted octanol–water partition coefficient (Wildman–Crippen LogP) is 3.16. The van der Waals surface area contributed by atoms with E-state index in [-0.39, 0.29) is 5.92 Å². The second-order valence-corrected chi connectivity index (χ2v) is 7.57. The van der Waals surface area contributed by atoms with Crippen LogP contribution in [-0.4, -0.2) is 37.0 Å². The summed E-state index contributed by atoms with van der Waals surface area (Å²) in [6, 6.07) is 9.03. The van der Waals surface area contributed by atoms with Gasteiger partial charge in [0, 0.05) is 19.0 Å². The molecule has 3 heteroatoms. The van der Waals surface area contributed by atoms with Crippen LogP contribution in [0.4, 0.5) is 0 Å². The molecule has 3 nitrogen and oxygen atoms in total. The van der Waals surface area contributed by atoms with E-state index < -0.39 is 0 Å². The molecular formula is C20H30N2O. The summed E-state index contributed by atoms with van der Waals surface area (Å²) < 4.78 is 0. The van der Waals surface area contributed by atoms with Crippen molar-refractivity contribution < 1.29 is 4.79 Å². The van der Waals surface area contributed by atoms with Crippen molar-refractivity contribution in [2.45, 2.75) is 52.0 Å². The van der Waals surface area contributed by atoms with Crippen molar-refractivity contribution in [1.29, 1.82) is 0 Å². The van der Waals surface area contributed by atoms with E-state index in [1.54, 1.807) is 0 Å². The molecule has 1 amide bonds. The van der Waals surface area contributed by atoms with Gasteiger partial charge in [-0.15, -0.1) is 0 Å². The van der Waals surface area contributed by atoms with Crippen molar-refractivity contribution in [3.05, 3.63) is 35.4 Å². The largest absolute Gasteiger partial charge is 0.342 e. The van der Waals surface area contributed by atoms with E-state index in [4.69, 9.17) is 0 Å². The van der Waals surface area contributed by atoms with Gasteiger partial charge in [0.2, 0.25) is 5.91 Å². The van der Waals surface area contributed by atoms with Gasteiger partial charge in [-0.1, -0.05) is 36.8 Å². The van der Waals surface area contributed by atoms with Crippen LogP contribution in [0.15, 0.2) is 24.3 Å². The molecule has 1 aromatic rings. The van der Waals surface area contributed by atoms with Crippen LogP contribution in [-0.2, 0) is 11.2 Å². The van der Waals surface area contributed by atoms with Gasteiger partial charge in [0.05, 0.1) is 0 Å². The van der Waals surface area contributed by atoms with Crippen LogP contribution in [0.3, 0.4) is 0 Å². The average Bonchev–Trinajstić information content (AvgIpc) is 3.26. The van der Waals surface area contributed by atoms with Crippen LogP contribution >= 0.6 is 0 Å². The van der Waals surface area contributed by atoms with Gasteiger partial charge in [0.25, 0.3) is 0 Å². The third-order valence-electron chi connectivity index (χ3n) is 6.05. The highest BCUT2D eigenvalue weighted by Gasteiger charge is 2.58. The lowest BCUT2D eigenvalue weighted by atomic mass is 9.91. The zero-order valence-electron chi connectivity index (χ0n) is 14.8. The molecule has 3 rings (SSSR count). The summed E-state index contributed by atoms with van der Waals surface area (Å²) in [7, 11) is 2.01. The summed E-state index contributed by atoms with van der Waals surface area (Å²) in [4.78, 5) is 15.0. The maximum atomic E-state index is 12.9. The van der Waals surface area contributed by atoms with Crippen LogP contribution < -0.4 is 5.32 Å². The Morgan fingerprint density at radius 1 is 1.30 bits per heavy atom. The fourth-order valence-corrected chi connectivity index (χ4v) is 4.15. The molecule has 2 fully saturated rings. The van der Waals surface area contributed by atoms with Gasteiger partial charge in [-0.25, -0.2) is 0 Å². The molecule has 1 aromatic carbocycles. The van der Waals surface area contributed by atoms with Crippen LogP contribution in [0, 0.1) is 18.3 Å². The molecule has 0 radical (unpaired) electrons. The molecule has 1 aliphatic heterocycles. The minimum atomic E-state index is 0.279. The number of carbonyl (C=O) groups is 1.